The summed E-state index contributed by atoms with van der Waals surface area (Å²) in [4.78, 5) is 0. The van der Waals surface area contributed by atoms with Crippen molar-refractivity contribution >= 4 is 0 Å². The number of unbranched alkanes of at least 4 members (excludes halogenated alkanes) is 2. The van der Waals surface area contributed by atoms with Gasteiger partial charge < -0.3 is 4.74 Å². The maximum atomic E-state index is 15.0. The van der Waals surface area contributed by atoms with Crippen LogP contribution in [-0.4, -0.2) is 6.61 Å². The quantitative estimate of drug-likeness (QED) is 0.232. The van der Waals surface area contributed by atoms with Gasteiger partial charge >= 0.3 is 0 Å². The molecule has 1 aliphatic heterocycles. The smallest absolute Gasteiger partial charge is 0.166 e. The number of allylic oxidation sites excluding steroid dienone is 1. The molecular weight excluding hydrogens is 445 g/mol. The SMILES string of the molecule is C/C=C/C1CCC(c2ccc(-c3ccc(-c4ccc(CCCCC)c(F)c4F)cc3)cc2F)OC1. The molecule has 0 aliphatic carbocycles. The van der Waals surface area contributed by atoms with Crippen LogP contribution in [0, 0.1) is 23.4 Å². The maximum Gasteiger partial charge on any atom is 0.166 e. The van der Waals surface area contributed by atoms with Gasteiger partial charge in [0.1, 0.15) is 5.82 Å². The average molecular weight is 479 g/mol. The van der Waals surface area contributed by atoms with Crippen LogP contribution < -0.4 is 0 Å². The number of ether oxygens (including phenoxy) is 1. The van der Waals surface area contributed by atoms with E-state index in [1.54, 1.807) is 30.3 Å². The molecule has 0 radical (unpaired) electrons. The Morgan fingerprint density at radius 1 is 0.857 bits per heavy atom. The summed E-state index contributed by atoms with van der Waals surface area (Å²) in [5.74, 6) is -1.46. The van der Waals surface area contributed by atoms with Crippen molar-refractivity contribution in [2.75, 3.05) is 6.61 Å². The predicted octanol–water partition coefficient (Wildman–Crippen LogP) is 9.21. The predicted molar refractivity (Wildman–Crippen MR) is 137 cm³/mol. The molecule has 1 nitrogen and oxygen atoms in total. The third-order valence-electron chi connectivity index (χ3n) is 6.86. The van der Waals surface area contributed by atoms with E-state index >= 15 is 0 Å². The van der Waals surface area contributed by atoms with Crippen LogP contribution in [0.3, 0.4) is 0 Å². The molecular formula is C31H33F3O. The van der Waals surface area contributed by atoms with Crippen LogP contribution in [0.15, 0.2) is 66.7 Å². The molecule has 0 N–H and O–H groups in total. The Balaban J connectivity index is 1.48. The molecule has 4 heteroatoms. The maximum absolute atomic E-state index is 15.0. The molecule has 2 atom stereocenters. The van der Waals surface area contributed by atoms with E-state index in [1.807, 2.05) is 31.2 Å². The topological polar surface area (TPSA) is 9.23 Å². The first-order valence-electron chi connectivity index (χ1n) is 12.6. The number of hydrogen-bond acceptors (Lipinski definition) is 1. The van der Waals surface area contributed by atoms with E-state index in [4.69, 9.17) is 4.74 Å². The van der Waals surface area contributed by atoms with Crippen LogP contribution in [-0.2, 0) is 11.2 Å². The Labute approximate surface area is 206 Å². The zero-order chi connectivity index (χ0) is 24.8. The summed E-state index contributed by atoms with van der Waals surface area (Å²) >= 11 is 0. The van der Waals surface area contributed by atoms with Crippen molar-refractivity contribution < 1.29 is 17.9 Å². The lowest BCUT2D eigenvalue weighted by Gasteiger charge is -2.28. The van der Waals surface area contributed by atoms with Crippen LogP contribution in [0.1, 0.15) is 63.2 Å². The van der Waals surface area contributed by atoms with Crippen molar-refractivity contribution in [2.24, 2.45) is 5.92 Å². The highest BCUT2D eigenvalue weighted by Crippen LogP contribution is 2.35. The molecule has 1 saturated heterocycles. The fourth-order valence-electron chi connectivity index (χ4n) is 4.82. The highest BCUT2D eigenvalue weighted by Gasteiger charge is 2.24. The second-order valence-corrected chi connectivity index (χ2v) is 9.36. The highest BCUT2D eigenvalue weighted by molar-refractivity contribution is 5.71. The zero-order valence-corrected chi connectivity index (χ0v) is 20.5. The summed E-state index contributed by atoms with van der Waals surface area (Å²) in [6, 6.07) is 15.7. The van der Waals surface area contributed by atoms with E-state index in [0.717, 1.165) is 43.2 Å². The van der Waals surface area contributed by atoms with Crippen LogP contribution in [0.25, 0.3) is 22.3 Å². The van der Waals surface area contributed by atoms with Crippen molar-refractivity contribution in [3.63, 3.8) is 0 Å². The molecule has 35 heavy (non-hydrogen) atoms. The monoisotopic (exact) mass is 478 g/mol. The summed E-state index contributed by atoms with van der Waals surface area (Å²) in [6.07, 6.45) is 9.14. The van der Waals surface area contributed by atoms with Crippen molar-refractivity contribution in [3.05, 3.63) is 95.3 Å². The van der Waals surface area contributed by atoms with Crippen LogP contribution in [0.2, 0.25) is 0 Å². The third kappa shape index (κ3) is 5.87. The first kappa shape index (κ1) is 25.2. The van der Waals surface area contributed by atoms with Gasteiger partial charge in [0.25, 0.3) is 0 Å². The minimum Gasteiger partial charge on any atom is -0.373 e. The van der Waals surface area contributed by atoms with Crippen LogP contribution >= 0.6 is 0 Å². The molecule has 184 valence electrons. The molecule has 1 fully saturated rings. The standard InChI is InChI=1S/C31H33F3O/c1-3-5-6-8-24-14-16-26(31(34)30(24)33)23-12-10-22(11-13-23)25-15-17-27(28(32)19-25)29-18-9-21(7-4-2)20-35-29/h4,7,10-17,19,21,29H,3,5-6,8-9,18,20H2,1-2H3/b7-4+. The highest BCUT2D eigenvalue weighted by atomic mass is 19.2. The summed E-state index contributed by atoms with van der Waals surface area (Å²) in [5.41, 5.74) is 3.38. The van der Waals surface area contributed by atoms with E-state index in [9.17, 15) is 13.2 Å². The zero-order valence-electron chi connectivity index (χ0n) is 20.5. The van der Waals surface area contributed by atoms with E-state index in [1.165, 1.54) is 6.07 Å². The number of benzene rings is 3. The third-order valence-corrected chi connectivity index (χ3v) is 6.86. The van der Waals surface area contributed by atoms with Gasteiger partial charge in [-0.2, -0.15) is 0 Å². The average Bonchev–Trinajstić information content (AvgIpc) is 2.88. The van der Waals surface area contributed by atoms with Crippen LogP contribution in [0.5, 0.6) is 0 Å². The van der Waals surface area contributed by atoms with E-state index in [-0.39, 0.29) is 17.5 Å². The molecule has 0 aromatic heterocycles. The number of hydrogen-bond donors (Lipinski definition) is 0. The second kappa shape index (κ2) is 11.7. The number of rotatable bonds is 8. The molecule has 0 amide bonds. The lowest BCUT2D eigenvalue weighted by Crippen LogP contribution is -2.20. The van der Waals surface area contributed by atoms with Gasteiger partial charge in [-0.05, 0) is 60.9 Å². The number of halogens is 3. The minimum atomic E-state index is -0.814. The first-order valence-corrected chi connectivity index (χ1v) is 12.6. The Kier molecular flexibility index (Phi) is 8.46. The van der Waals surface area contributed by atoms with Gasteiger partial charge in [-0.3, -0.25) is 0 Å². The summed E-state index contributed by atoms with van der Waals surface area (Å²) in [5, 5.41) is 0. The summed E-state index contributed by atoms with van der Waals surface area (Å²) in [6.45, 7) is 4.68. The van der Waals surface area contributed by atoms with E-state index < -0.39 is 11.6 Å². The van der Waals surface area contributed by atoms with E-state index in [0.29, 0.717) is 35.6 Å². The summed E-state index contributed by atoms with van der Waals surface area (Å²) in [7, 11) is 0. The molecule has 0 bridgehead atoms. The van der Waals surface area contributed by atoms with Gasteiger partial charge in [-0.15, -0.1) is 0 Å². The molecule has 1 aliphatic rings. The lowest BCUT2D eigenvalue weighted by molar-refractivity contribution is -0.00711. The molecule has 3 aromatic carbocycles. The van der Waals surface area contributed by atoms with E-state index in [2.05, 4.69) is 13.0 Å². The molecule has 0 spiro atoms. The van der Waals surface area contributed by atoms with Crippen molar-refractivity contribution in [1.82, 2.24) is 0 Å². The van der Waals surface area contributed by atoms with Gasteiger partial charge in [-0.1, -0.05) is 80.4 Å². The molecule has 1 heterocycles. The Bertz CT molecular complexity index is 1160. The van der Waals surface area contributed by atoms with Gasteiger partial charge in [0.2, 0.25) is 0 Å². The molecule has 3 aromatic rings. The van der Waals surface area contributed by atoms with Gasteiger partial charge in [0, 0.05) is 17.0 Å². The molecule has 4 rings (SSSR count). The molecule has 0 saturated carbocycles. The van der Waals surface area contributed by atoms with Crippen molar-refractivity contribution in [1.29, 1.82) is 0 Å². The fourth-order valence-corrected chi connectivity index (χ4v) is 4.82. The molecule has 2 unspecified atom stereocenters. The minimum absolute atomic E-state index is 0.226. The van der Waals surface area contributed by atoms with Gasteiger partial charge in [0.05, 0.1) is 12.7 Å². The second-order valence-electron chi connectivity index (χ2n) is 9.36. The Morgan fingerprint density at radius 2 is 1.60 bits per heavy atom. The largest absolute Gasteiger partial charge is 0.373 e. The van der Waals surface area contributed by atoms with Gasteiger partial charge in [-0.25, -0.2) is 13.2 Å². The fraction of sp³-hybridized carbons (Fsp3) is 0.355. The van der Waals surface area contributed by atoms with Crippen molar-refractivity contribution in [3.8, 4) is 22.3 Å². The lowest BCUT2D eigenvalue weighted by atomic mass is 9.92. The Morgan fingerprint density at radius 3 is 2.26 bits per heavy atom. The first-order chi connectivity index (χ1) is 17.0. The normalized spacial score (nSPS) is 18.3. The van der Waals surface area contributed by atoms with Gasteiger partial charge in [0.15, 0.2) is 11.6 Å². The Hall–Kier alpha value is -2.85. The van der Waals surface area contributed by atoms with Crippen molar-refractivity contribution in [2.45, 2.75) is 58.5 Å². The number of aryl methyl sites for hydroxylation is 1. The van der Waals surface area contributed by atoms with Crippen LogP contribution in [0.4, 0.5) is 13.2 Å². The summed E-state index contributed by atoms with van der Waals surface area (Å²) < 4.78 is 50.3.